The molecule has 1 aliphatic rings. The van der Waals surface area contributed by atoms with Crippen LogP contribution >= 0.6 is 8.58 Å². The summed E-state index contributed by atoms with van der Waals surface area (Å²) in [5.74, 6) is 0. The van der Waals surface area contributed by atoms with E-state index in [0.717, 1.165) is 11.4 Å². The Morgan fingerprint density at radius 2 is 1.20 bits per heavy atom. The standard InChI is InChI=1S/C27H19N2P/c1-2-8-19-16-24-23(15-18(19)7-1)22-10-4-6-12-27(22)30-26-11-5-3-9-21(26)20-13-14-28-17-25(20)29-24/h1-17,29-30H. The van der Waals surface area contributed by atoms with E-state index in [0.29, 0.717) is 8.58 Å². The molecule has 0 spiro atoms. The second kappa shape index (κ2) is 7.09. The van der Waals surface area contributed by atoms with E-state index in [-0.39, 0.29) is 0 Å². The van der Waals surface area contributed by atoms with Gasteiger partial charge in [-0.15, -0.1) is 0 Å². The van der Waals surface area contributed by atoms with Crippen molar-refractivity contribution in [2.75, 3.05) is 5.32 Å². The van der Waals surface area contributed by atoms with Gasteiger partial charge in [0.2, 0.25) is 0 Å². The highest BCUT2D eigenvalue weighted by Gasteiger charge is 2.18. The molecule has 0 saturated heterocycles. The fourth-order valence-electron chi connectivity index (χ4n) is 4.24. The van der Waals surface area contributed by atoms with Gasteiger partial charge in [0, 0.05) is 23.0 Å². The first kappa shape index (κ1) is 17.4. The van der Waals surface area contributed by atoms with Gasteiger partial charge in [-0.3, -0.25) is 4.98 Å². The molecule has 1 aliphatic heterocycles. The van der Waals surface area contributed by atoms with Crippen LogP contribution in [0, 0.1) is 0 Å². The summed E-state index contributed by atoms with van der Waals surface area (Å²) in [5, 5.41) is 8.92. The number of hydrogen-bond donors (Lipinski definition) is 1. The number of rotatable bonds is 0. The van der Waals surface area contributed by atoms with E-state index < -0.39 is 0 Å². The molecule has 0 fully saturated rings. The zero-order valence-electron chi connectivity index (χ0n) is 16.3. The predicted molar refractivity (Wildman–Crippen MR) is 130 cm³/mol. The van der Waals surface area contributed by atoms with Crippen molar-refractivity contribution in [2.24, 2.45) is 0 Å². The third-order valence-corrected chi connectivity index (χ3v) is 7.09. The number of hydrogen-bond acceptors (Lipinski definition) is 2. The molecule has 0 saturated carbocycles. The quantitative estimate of drug-likeness (QED) is 0.304. The van der Waals surface area contributed by atoms with Crippen LogP contribution in [0.15, 0.2) is 103 Å². The van der Waals surface area contributed by atoms with Crippen molar-refractivity contribution in [1.82, 2.24) is 4.98 Å². The maximum atomic E-state index is 4.42. The third kappa shape index (κ3) is 2.89. The highest BCUT2D eigenvalue weighted by atomic mass is 31.1. The van der Waals surface area contributed by atoms with Crippen molar-refractivity contribution in [3.05, 3.63) is 103 Å². The average molecular weight is 402 g/mol. The first-order valence-corrected chi connectivity index (χ1v) is 11.1. The van der Waals surface area contributed by atoms with Crippen molar-refractivity contribution in [3.63, 3.8) is 0 Å². The van der Waals surface area contributed by atoms with E-state index in [1.165, 1.54) is 43.6 Å². The average Bonchev–Trinajstić information content (AvgIpc) is 2.80. The monoisotopic (exact) mass is 402 g/mol. The largest absolute Gasteiger partial charge is 0.353 e. The number of aromatic nitrogens is 1. The Hall–Kier alpha value is -3.48. The minimum atomic E-state index is 0.578. The zero-order valence-corrected chi connectivity index (χ0v) is 17.3. The van der Waals surface area contributed by atoms with E-state index in [1.54, 1.807) is 0 Å². The molecule has 6 rings (SSSR count). The second-order valence-corrected chi connectivity index (χ2v) is 8.83. The summed E-state index contributed by atoms with van der Waals surface area (Å²) < 4.78 is 0. The molecule has 0 aliphatic carbocycles. The molecule has 1 aromatic heterocycles. The number of nitrogens with zero attached hydrogens (tertiary/aromatic N) is 1. The number of fused-ring (bicyclic) bond motifs is 7. The molecule has 3 heteroatoms. The summed E-state index contributed by atoms with van der Waals surface area (Å²) >= 11 is 0. The molecule has 30 heavy (non-hydrogen) atoms. The summed E-state index contributed by atoms with van der Waals surface area (Å²) in [5.41, 5.74) is 7.11. The van der Waals surface area contributed by atoms with E-state index >= 15 is 0 Å². The fraction of sp³-hybridized carbons (Fsp3) is 0. The van der Waals surface area contributed by atoms with Gasteiger partial charge in [-0.25, -0.2) is 0 Å². The topological polar surface area (TPSA) is 24.9 Å². The molecule has 1 atom stereocenters. The first-order chi connectivity index (χ1) is 14.9. The van der Waals surface area contributed by atoms with E-state index in [1.807, 2.05) is 12.4 Å². The highest BCUT2D eigenvalue weighted by molar-refractivity contribution is 7.56. The lowest BCUT2D eigenvalue weighted by atomic mass is 9.98. The van der Waals surface area contributed by atoms with Gasteiger partial charge in [0.15, 0.2) is 0 Å². The van der Waals surface area contributed by atoms with E-state index in [9.17, 15) is 0 Å². The molecule has 1 unspecified atom stereocenters. The molecule has 1 N–H and O–H groups in total. The van der Waals surface area contributed by atoms with Crippen molar-refractivity contribution < 1.29 is 0 Å². The third-order valence-electron chi connectivity index (χ3n) is 5.68. The SMILES string of the molecule is c1ccc2c(c1)Pc1ccccc1-c1cc3ccccc3cc1Nc1cnccc1-2. The molecule has 4 aromatic carbocycles. The summed E-state index contributed by atoms with van der Waals surface area (Å²) in [7, 11) is 0.578. The van der Waals surface area contributed by atoms with Crippen molar-refractivity contribution >= 4 is 41.3 Å². The van der Waals surface area contributed by atoms with Gasteiger partial charge >= 0.3 is 0 Å². The molecule has 2 heterocycles. The highest BCUT2D eigenvalue weighted by Crippen LogP contribution is 2.39. The molecule has 0 amide bonds. The van der Waals surface area contributed by atoms with Gasteiger partial charge < -0.3 is 5.32 Å². The molecular weight excluding hydrogens is 383 g/mol. The Morgan fingerprint density at radius 1 is 0.567 bits per heavy atom. The molecule has 0 bridgehead atoms. The summed E-state index contributed by atoms with van der Waals surface area (Å²) in [6.07, 6.45) is 3.81. The van der Waals surface area contributed by atoms with Gasteiger partial charge in [-0.2, -0.15) is 0 Å². The lowest BCUT2D eigenvalue weighted by Gasteiger charge is -2.22. The Kier molecular flexibility index (Phi) is 4.11. The molecule has 2 nitrogen and oxygen atoms in total. The van der Waals surface area contributed by atoms with Crippen molar-refractivity contribution in [2.45, 2.75) is 0 Å². The van der Waals surface area contributed by atoms with Crippen LogP contribution in [0.4, 0.5) is 11.4 Å². The van der Waals surface area contributed by atoms with Gasteiger partial charge in [-0.05, 0) is 50.7 Å². The number of anilines is 2. The lowest BCUT2D eigenvalue weighted by molar-refractivity contribution is 1.32. The fourth-order valence-corrected chi connectivity index (χ4v) is 5.59. The smallest absolute Gasteiger partial charge is 0.0650 e. The maximum absolute atomic E-state index is 4.42. The van der Waals surface area contributed by atoms with Gasteiger partial charge in [-0.1, -0.05) is 81.4 Å². The summed E-state index contributed by atoms with van der Waals surface area (Å²) in [4.78, 5) is 4.42. The normalized spacial score (nSPS) is 12.9. The Bertz CT molecular complexity index is 1410. The molecule has 0 radical (unpaired) electrons. The maximum Gasteiger partial charge on any atom is 0.0650 e. The minimum absolute atomic E-state index is 0.578. The van der Waals surface area contributed by atoms with Crippen LogP contribution in [-0.4, -0.2) is 4.98 Å². The van der Waals surface area contributed by atoms with Crippen LogP contribution in [-0.2, 0) is 0 Å². The molecule has 5 aromatic rings. The van der Waals surface area contributed by atoms with E-state index in [2.05, 4.69) is 101 Å². The van der Waals surface area contributed by atoms with Crippen LogP contribution in [0.3, 0.4) is 0 Å². The number of benzene rings is 4. The number of nitrogens with one attached hydrogen (secondary N) is 1. The van der Waals surface area contributed by atoms with Crippen molar-refractivity contribution in [1.29, 1.82) is 0 Å². The number of pyridine rings is 1. The van der Waals surface area contributed by atoms with Crippen LogP contribution < -0.4 is 15.9 Å². The Labute approximate surface area is 177 Å². The Balaban J connectivity index is 1.70. The lowest BCUT2D eigenvalue weighted by Crippen LogP contribution is -2.11. The van der Waals surface area contributed by atoms with E-state index in [4.69, 9.17) is 0 Å². The zero-order chi connectivity index (χ0) is 19.9. The molecular formula is C27H19N2P. The van der Waals surface area contributed by atoms with Crippen LogP contribution in [0.2, 0.25) is 0 Å². The van der Waals surface area contributed by atoms with Crippen LogP contribution in [0.5, 0.6) is 0 Å². The minimum Gasteiger partial charge on any atom is -0.353 e. The van der Waals surface area contributed by atoms with Gasteiger partial charge in [0.1, 0.15) is 0 Å². The van der Waals surface area contributed by atoms with Crippen LogP contribution in [0.25, 0.3) is 33.0 Å². The van der Waals surface area contributed by atoms with Gasteiger partial charge in [0.05, 0.1) is 11.9 Å². The van der Waals surface area contributed by atoms with Gasteiger partial charge in [0.25, 0.3) is 0 Å². The molecule has 142 valence electrons. The Morgan fingerprint density at radius 3 is 1.97 bits per heavy atom. The second-order valence-electron chi connectivity index (χ2n) is 7.51. The summed E-state index contributed by atoms with van der Waals surface area (Å²) in [6, 6.07) is 32.7. The van der Waals surface area contributed by atoms with Crippen molar-refractivity contribution in [3.8, 4) is 22.3 Å². The summed E-state index contributed by atoms with van der Waals surface area (Å²) in [6.45, 7) is 0. The first-order valence-electron chi connectivity index (χ1n) is 10.1. The van der Waals surface area contributed by atoms with Crippen LogP contribution in [0.1, 0.15) is 0 Å². The predicted octanol–water partition coefficient (Wildman–Crippen LogP) is 6.26.